The minimum atomic E-state index is -3.70. The lowest BCUT2D eigenvalue weighted by Crippen LogP contribution is -2.27. The maximum absolute atomic E-state index is 12.3. The van der Waals surface area contributed by atoms with Crippen LogP contribution in [0, 0.1) is 0 Å². The Morgan fingerprint density at radius 3 is 2.56 bits per heavy atom. The number of benzene rings is 2. The Morgan fingerprint density at radius 2 is 1.84 bits per heavy atom. The van der Waals surface area contributed by atoms with E-state index in [-0.39, 0.29) is 23.8 Å². The van der Waals surface area contributed by atoms with Gasteiger partial charge in [0.25, 0.3) is 0 Å². The smallest absolute Gasteiger partial charge is 0.240 e. The summed E-state index contributed by atoms with van der Waals surface area (Å²) >= 11 is 2.91. The van der Waals surface area contributed by atoms with E-state index in [1.807, 2.05) is 18.2 Å². The Kier molecular flexibility index (Phi) is 9.03. The van der Waals surface area contributed by atoms with E-state index in [1.165, 1.54) is 36.1 Å². The van der Waals surface area contributed by atoms with Crippen molar-refractivity contribution in [2.45, 2.75) is 28.5 Å². The number of aryl methyl sites for hydroxylation is 1. The van der Waals surface area contributed by atoms with Crippen molar-refractivity contribution in [2.75, 3.05) is 24.7 Å². The van der Waals surface area contributed by atoms with Crippen molar-refractivity contribution in [1.29, 1.82) is 0 Å². The standard InChI is InChI=1S/C21H24N4O4S3/c1-29-17-9-11-18(12-10-17)32(27,28)22-14-13-19(26)23-20-24-25-21(31-20)30-15-5-8-16-6-3-2-4-7-16/h2-4,6-7,9-12,22H,5,8,13-15H2,1H3,(H,23,24,26). The number of nitrogens with one attached hydrogen (secondary N) is 2. The fourth-order valence-corrected chi connectivity index (χ4v) is 5.53. The van der Waals surface area contributed by atoms with Crippen LogP contribution in [0.5, 0.6) is 5.75 Å². The van der Waals surface area contributed by atoms with Crippen molar-refractivity contribution in [3.63, 3.8) is 0 Å². The summed E-state index contributed by atoms with van der Waals surface area (Å²) in [5.41, 5.74) is 1.31. The second kappa shape index (κ2) is 12.0. The molecule has 3 aromatic rings. The summed E-state index contributed by atoms with van der Waals surface area (Å²) in [4.78, 5) is 12.2. The van der Waals surface area contributed by atoms with Crippen LogP contribution in [0.2, 0.25) is 0 Å². The molecule has 0 saturated heterocycles. The van der Waals surface area contributed by atoms with Crippen molar-refractivity contribution in [3.8, 4) is 5.75 Å². The van der Waals surface area contributed by atoms with Gasteiger partial charge in [-0.2, -0.15) is 0 Å². The first-order valence-corrected chi connectivity index (χ1v) is 13.2. The molecule has 1 heterocycles. The molecular weight excluding hydrogens is 468 g/mol. The largest absolute Gasteiger partial charge is 0.497 e. The molecule has 170 valence electrons. The SMILES string of the molecule is COc1ccc(S(=O)(=O)NCCC(=O)Nc2nnc(SCCCc3ccccc3)s2)cc1. The molecule has 11 heteroatoms. The van der Waals surface area contributed by atoms with Crippen LogP contribution in [0.4, 0.5) is 5.13 Å². The van der Waals surface area contributed by atoms with E-state index in [2.05, 4.69) is 32.4 Å². The van der Waals surface area contributed by atoms with E-state index >= 15 is 0 Å². The van der Waals surface area contributed by atoms with Gasteiger partial charge in [-0.25, -0.2) is 13.1 Å². The van der Waals surface area contributed by atoms with Crippen molar-refractivity contribution < 1.29 is 17.9 Å². The van der Waals surface area contributed by atoms with Gasteiger partial charge in [0, 0.05) is 18.7 Å². The molecule has 3 rings (SSSR count). The number of anilines is 1. The number of ether oxygens (including phenoxy) is 1. The topological polar surface area (TPSA) is 110 Å². The molecule has 0 saturated carbocycles. The molecule has 2 N–H and O–H groups in total. The zero-order valence-electron chi connectivity index (χ0n) is 17.5. The predicted octanol–water partition coefficient (Wildman–Crippen LogP) is 3.58. The van der Waals surface area contributed by atoms with Gasteiger partial charge in [-0.1, -0.05) is 53.4 Å². The van der Waals surface area contributed by atoms with E-state index in [0.29, 0.717) is 10.9 Å². The van der Waals surface area contributed by atoms with Crippen molar-refractivity contribution >= 4 is 44.2 Å². The van der Waals surface area contributed by atoms with Crippen molar-refractivity contribution in [2.24, 2.45) is 0 Å². The highest BCUT2D eigenvalue weighted by molar-refractivity contribution is 8.01. The minimum Gasteiger partial charge on any atom is -0.497 e. The molecule has 0 fully saturated rings. The van der Waals surface area contributed by atoms with Crippen LogP contribution in [-0.2, 0) is 21.2 Å². The van der Waals surface area contributed by atoms with Gasteiger partial charge in [-0.15, -0.1) is 10.2 Å². The highest BCUT2D eigenvalue weighted by atomic mass is 32.2. The number of aromatic nitrogens is 2. The first-order chi connectivity index (χ1) is 15.5. The normalized spacial score (nSPS) is 11.3. The van der Waals surface area contributed by atoms with Crippen LogP contribution in [0.25, 0.3) is 0 Å². The third-order valence-electron chi connectivity index (χ3n) is 4.34. The average Bonchev–Trinajstić information content (AvgIpc) is 3.24. The van der Waals surface area contributed by atoms with Gasteiger partial charge in [0.1, 0.15) is 5.75 Å². The Hall–Kier alpha value is -2.47. The van der Waals surface area contributed by atoms with Crippen LogP contribution < -0.4 is 14.8 Å². The highest BCUT2D eigenvalue weighted by Crippen LogP contribution is 2.26. The van der Waals surface area contributed by atoms with Crippen LogP contribution in [0.15, 0.2) is 63.8 Å². The number of amides is 1. The number of sulfonamides is 1. The number of hydrogen-bond donors (Lipinski definition) is 2. The summed E-state index contributed by atoms with van der Waals surface area (Å²) < 4.78 is 32.8. The van der Waals surface area contributed by atoms with Gasteiger partial charge in [0.15, 0.2) is 4.34 Å². The predicted molar refractivity (Wildman–Crippen MR) is 127 cm³/mol. The number of thioether (sulfide) groups is 1. The molecule has 1 aromatic heterocycles. The summed E-state index contributed by atoms with van der Waals surface area (Å²) in [7, 11) is -2.19. The van der Waals surface area contributed by atoms with E-state index < -0.39 is 10.0 Å². The highest BCUT2D eigenvalue weighted by Gasteiger charge is 2.15. The van der Waals surface area contributed by atoms with Crippen LogP contribution >= 0.6 is 23.1 Å². The van der Waals surface area contributed by atoms with Crippen LogP contribution in [0.3, 0.4) is 0 Å². The van der Waals surface area contributed by atoms with E-state index in [0.717, 1.165) is 22.9 Å². The molecule has 0 aliphatic carbocycles. The summed E-state index contributed by atoms with van der Waals surface area (Å²) in [6, 6.07) is 16.3. The molecule has 0 aliphatic heterocycles. The number of nitrogens with zero attached hydrogens (tertiary/aromatic N) is 2. The fourth-order valence-electron chi connectivity index (χ4n) is 2.72. The zero-order valence-corrected chi connectivity index (χ0v) is 19.9. The summed E-state index contributed by atoms with van der Waals surface area (Å²) in [5.74, 6) is 1.14. The molecule has 0 atom stereocenters. The Bertz CT molecular complexity index is 1100. The maximum atomic E-state index is 12.3. The Balaban J connectivity index is 1.37. The molecule has 0 aliphatic rings. The second-order valence-corrected chi connectivity index (χ2v) is 10.8. The van der Waals surface area contributed by atoms with Crippen molar-refractivity contribution in [3.05, 3.63) is 60.2 Å². The molecule has 0 radical (unpaired) electrons. The molecular formula is C21H24N4O4S3. The average molecular weight is 493 g/mol. The van der Waals surface area contributed by atoms with Gasteiger partial charge in [0.2, 0.25) is 21.1 Å². The van der Waals surface area contributed by atoms with Gasteiger partial charge >= 0.3 is 0 Å². The summed E-state index contributed by atoms with van der Waals surface area (Å²) in [6.45, 7) is -0.0277. The number of carbonyl (C=O) groups excluding carboxylic acids is 1. The molecule has 0 bridgehead atoms. The zero-order chi connectivity index (χ0) is 22.8. The second-order valence-electron chi connectivity index (χ2n) is 6.68. The fraction of sp³-hybridized carbons (Fsp3) is 0.286. The van der Waals surface area contributed by atoms with Crippen LogP contribution in [-0.4, -0.2) is 43.9 Å². The number of methoxy groups -OCH3 is 1. The Labute approximate surface area is 195 Å². The number of carbonyl (C=O) groups is 1. The first-order valence-electron chi connectivity index (χ1n) is 9.90. The van der Waals surface area contributed by atoms with Gasteiger partial charge in [-0.3, -0.25) is 4.79 Å². The molecule has 32 heavy (non-hydrogen) atoms. The van der Waals surface area contributed by atoms with E-state index in [4.69, 9.17) is 4.74 Å². The lowest BCUT2D eigenvalue weighted by Gasteiger charge is -2.07. The monoisotopic (exact) mass is 492 g/mol. The molecule has 8 nitrogen and oxygen atoms in total. The third-order valence-corrected chi connectivity index (χ3v) is 7.88. The Morgan fingerprint density at radius 1 is 1.09 bits per heavy atom. The summed E-state index contributed by atoms with van der Waals surface area (Å²) in [6.07, 6.45) is 2.00. The van der Waals surface area contributed by atoms with Gasteiger partial charge < -0.3 is 10.1 Å². The molecule has 0 unspecified atom stereocenters. The summed E-state index contributed by atoms with van der Waals surface area (Å²) in [5, 5.41) is 11.1. The maximum Gasteiger partial charge on any atom is 0.240 e. The lowest BCUT2D eigenvalue weighted by molar-refractivity contribution is -0.116. The third kappa shape index (κ3) is 7.59. The number of rotatable bonds is 12. The molecule has 1 amide bonds. The lowest BCUT2D eigenvalue weighted by atomic mass is 10.1. The van der Waals surface area contributed by atoms with Gasteiger partial charge in [0.05, 0.1) is 12.0 Å². The van der Waals surface area contributed by atoms with E-state index in [9.17, 15) is 13.2 Å². The minimum absolute atomic E-state index is 0.0193. The van der Waals surface area contributed by atoms with Crippen LogP contribution in [0.1, 0.15) is 18.4 Å². The number of hydrogen-bond acceptors (Lipinski definition) is 8. The van der Waals surface area contributed by atoms with Gasteiger partial charge in [-0.05, 0) is 42.7 Å². The van der Waals surface area contributed by atoms with E-state index in [1.54, 1.807) is 23.9 Å². The molecule has 0 spiro atoms. The quantitative estimate of drug-likeness (QED) is 0.226. The first kappa shape index (κ1) is 24.2. The van der Waals surface area contributed by atoms with Crippen molar-refractivity contribution in [1.82, 2.24) is 14.9 Å². The molecule has 2 aromatic carbocycles.